The van der Waals surface area contributed by atoms with Crippen molar-refractivity contribution >= 4 is 0 Å². The van der Waals surface area contributed by atoms with Crippen LogP contribution in [0.5, 0.6) is 0 Å². The van der Waals surface area contributed by atoms with Crippen molar-refractivity contribution in [2.75, 3.05) is 13.7 Å². The van der Waals surface area contributed by atoms with E-state index < -0.39 is 0 Å². The summed E-state index contributed by atoms with van der Waals surface area (Å²) in [4.78, 5) is 8.72. The van der Waals surface area contributed by atoms with Crippen molar-refractivity contribution in [3.63, 3.8) is 0 Å². The lowest BCUT2D eigenvalue weighted by Gasteiger charge is -2.08. The predicted molar refractivity (Wildman–Crippen MR) is 64.0 cm³/mol. The number of aromatic nitrogens is 2. The van der Waals surface area contributed by atoms with Gasteiger partial charge < -0.3 is 10.1 Å². The van der Waals surface area contributed by atoms with Crippen LogP contribution in [0, 0.1) is 12.8 Å². The topological polar surface area (TPSA) is 47.0 Å². The summed E-state index contributed by atoms with van der Waals surface area (Å²) in [5.74, 6) is 1.41. The third kappa shape index (κ3) is 4.68. The first kappa shape index (κ1) is 13.1. The van der Waals surface area contributed by atoms with Gasteiger partial charge in [0.1, 0.15) is 6.61 Å². The zero-order valence-corrected chi connectivity index (χ0v) is 10.6. The summed E-state index contributed by atoms with van der Waals surface area (Å²) in [6.45, 7) is 8.62. The lowest BCUT2D eigenvalue weighted by Crippen LogP contribution is -2.20. The number of methoxy groups -OCH3 is 1. The van der Waals surface area contributed by atoms with Crippen LogP contribution in [0.1, 0.15) is 31.1 Å². The van der Waals surface area contributed by atoms with E-state index in [-0.39, 0.29) is 0 Å². The molecule has 0 unspecified atom stereocenters. The molecule has 0 aliphatic heterocycles. The molecule has 16 heavy (non-hydrogen) atoms. The second kappa shape index (κ2) is 6.55. The lowest BCUT2D eigenvalue weighted by molar-refractivity contribution is 0.177. The molecule has 0 bridgehead atoms. The molecule has 1 aromatic heterocycles. The Bertz CT molecular complexity index is 326. The van der Waals surface area contributed by atoms with Gasteiger partial charge in [-0.15, -0.1) is 0 Å². The molecule has 0 aliphatic rings. The summed E-state index contributed by atoms with van der Waals surface area (Å²) in [6.07, 6.45) is 0. The van der Waals surface area contributed by atoms with Crippen LogP contribution in [0.3, 0.4) is 0 Å². The molecule has 0 fully saturated rings. The molecular formula is C12H21N3O. The number of nitrogens with zero attached hydrogens (tertiary/aromatic N) is 2. The van der Waals surface area contributed by atoms with Crippen LogP contribution in [0.4, 0.5) is 0 Å². The van der Waals surface area contributed by atoms with Crippen LogP contribution in [0.2, 0.25) is 0 Å². The average molecular weight is 223 g/mol. The minimum Gasteiger partial charge on any atom is -0.377 e. The molecule has 1 N–H and O–H groups in total. The average Bonchev–Trinajstić information content (AvgIpc) is 2.16. The normalized spacial score (nSPS) is 11.1. The summed E-state index contributed by atoms with van der Waals surface area (Å²) in [5, 5.41) is 3.37. The first-order valence-corrected chi connectivity index (χ1v) is 5.65. The van der Waals surface area contributed by atoms with Gasteiger partial charge in [-0.05, 0) is 25.5 Å². The maximum Gasteiger partial charge on any atom is 0.154 e. The molecule has 0 spiro atoms. The Labute approximate surface area is 97.5 Å². The van der Waals surface area contributed by atoms with Crippen molar-refractivity contribution in [1.82, 2.24) is 15.3 Å². The fraction of sp³-hybridized carbons (Fsp3) is 0.667. The van der Waals surface area contributed by atoms with Crippen molar-refractivity contribution in [2.45, 2.75) is 33.9 Å². The van der Waals surface area contributed by atoms with Crippen molar-refractivity contribution in [3.8, 4) is 0 Å². The highest BCUT2D eigenvalue weighted by atomic mass is 16.5. The third-order valence-electron chi connectivity index (χ3n) is 2.09. The fourth-order valence-electron chi connectivity index (χ4n) is 1.47. The molecule has 0 saturated carbocycles. The van der Waals surface area contributed by atoms with Crippen molar-refractivity contribution < 1.29 is 4.74 Å². The summed E-state index contributed by atoms with van der Waals surface area (Å²) in [5.41, 5.74) is 2.02. The van der Waals surface area contributed by atoms with Gasteiger partial charge in [0.15, 0.2) is 5.82 Å². The van der Waals surface area contributed by atoms with Crippen LogP contribution < -0.4 is 5.32 Å². The number of nitrogens with one attached hydrogen (secondary N) is 1. The van der Waals surface area contributed by atoms with Crippen LogP contribution in [0.15, 0.2) is 6.07 Å². The summed E-state index contributed by atoms with van der Waals surface area (Å²) < 4.78 is 5.04. The zero-order valence-electron chi connectivity index (χ0n) is 10.6. The summed E-state index contributed by atoms with van der Waals surface area (Å²) in [7, 11) is 1.66. The standard InChI is InChI=1S/C12H21N3O/c1-9(2)6-13-7-11-5-10(3)14-12(15-11)8-16-4/h5,9,13H,6-8H2,1-4H3. The van der Waals surface area contributed by atoms with Gasteiger partial charge in [0.25, 0.3) is 0 Å². The van der Waals surface area contributed by atoms with Crippen LogP contribution >= 0.6 is 0 Å². The predicted octanol–water partition coefficient (Wildman–Crippen LogP) is 1.68. The van der Waals surface area contributed by atoms with Gasteiger partial charge >= 0.3 is 0 Å². The van der Waals surface area contributed by atoms with E-state index >= 15 is 0 Å². The quantitative estimate of drug-likeness (QED) is 0.797. The Balaban J connectivity index is 2.58. The van der Waals surface area contributed by atoms with Gasteiger partial charge in [0, 0.05) is 19.3 Å². The second-order valence-electron chi connectivity index (χ2n) is 4.37. The minimum atomic E-state index is 0.471. The molecule has 0 aromatic carbocycles. The molecule has 1 heterocycles. The molecule has 0 saturated heterocycles. The second-order valence-corrected chi connectivity index (χ2v) is 4.37. The van der Waals surface area contributed by atoms with Crippen LogP contribution in [-0.2, 0) is 17.9 Å². The van der Waals surface area contributed by atoms with E-state index in [9.17, 15) is 0 Å². The number of rotatable bonds is 6. The van der Waals surface area contributed by atoms with Gasteiger partial charge in [-0.3, -0.25) is 0 Å². The van der Waals surface area contributed by atoms with Gasteiger partial charge in [-0.2, -0.15) is 0 Å². The van der Waals surface area contributed by atoms with E-state index in [1.54, 1.807) is 7.11 Å². The van der Waals surface area contributed by atoms with Gasteiger partial charge in [-0.1, -0.05) is 13.8 Å². The Morgan fingerprint density at radius 3 is 2.75 bits per heavy atom. The Morgan fingerprint density at radius 1 is 1.38 bits per heavy atom. The summed E-state index contributed by atoms with van der Waals surface area (Å²) >= 11 is 0. The van der Waals surface area contributed by atoms with Crippen molar-refractivity contribution in [2.24, 2.45) is 5.92 Å². The van der Waals surface area contributed by atoms with E-state index in [0.29, 0.717) is 12.5 Å². The first-order valence-electron chi connectivity index (χ1n) is 5.65. The van der Waals surface area contributed by atoms with Gasteiger partial charge in [0.2, 0.25) is 0 Å². The maximum absolute atomic E-state index is 5.04. The summed E-state index contributed by atoms with van der Waals surface area (Å²) in [6, 6.07) is 2.01. The largest absolute Gasteiger partial charge is 0.377 e. The molecule has 4 heteroatoms. The SMILES string of the molecule is COCc1nc(C)cc(CNCC(C)C)n1. The maximum atomic E-state index is 5.04. The first-order chi connectivity index (χ1) is 7.61. The molecule has 0 atom stereocenters. The van der Waals surface area contributed by atoms with Gasteiger partial charge in [-0.25, -0.2) is 9.97 Å². The highest BCUT2D eigenvalue weighted by Crippen LogP contribution is 2.02. The number of hydrogen-bond donors (Lipinski definition) is 1. The Hall–Kier alpha value is -1.00. The molecule has 4 nitrogen and oxygen atoms in total. The highest BCUT2D eigenvalue weighted by Gasteiger charge is 2.02. The number of hydrogen-bond acceptors (Lipinski definition) is 4. The Morgan fingerprint density at radius 2 is 2.12 bits per heavy atom. The van der Waals surface area contributed by atoms with Crippen molar-refractivity contribution in [1.29, 1.82) is 0 Å². The molecule has 1 aromatic rings. The van der Waals surface area contributed by atoms with E-state index in [1.165, 1.54) is 0 Å². The van der Waals surface area contributed by atoms with E-state index in [4.69, 9.17) is 4.74 Å². The molecule has 0 radical (unpaired) electrons. The van der Waals surface area contributed by atoms with Crippen LogP contribution in [0.25, 0.3) is 0 Å². The fourth-order valence-corrected chi connectivity index (χ4v) is 1.47. The lowest BCUT2D eigenvalue weighted by atomic mass is 10.2. The van der Waals surface area contributed by atoms with Gasteiger partial charge in [0.05, 0.1) is 5.69 Å². The third-order valence-corrected chi connectivity index (χ3v) is 2.09. The number of ether oxygens (including phenoxy) is 1. The Kier molecular flexibility index (Phi) is 5.35. The van der Waals surface area contributed by atoms with E-state index in [2.05, 4.69) is 29.1 Å². The highest BCUT2D eigenvalue weighted by molar-refractivity contribution is 5.09. The molecule has 0 amide bonds. The smallest absolute Gasteiger partial charge is 0.154 e. The minimum absolute atomic E-state index is 0.471. The molecule has 1 rings (SSSR count). The van der Waals surface area contributed by atoms with Crippen LogP contribution in [-0.4, -0.2) is 23.6 Å². The van der Waals surface area contributed by atoms with E-state index in [1.807, 2.05) is 13.0 Å². The number of aryl methyl sites for hydroxylation is 1. The molecular weight excluding hydrogens is 202 g/mol. The van der Waals surface area contributed by atoms with E-state index in [0.717, 1.165) is 30.3 Å². The zero-order chi connectivity index (χ0) is 12.0. The van der Waals surface area contributed by atoms with Crippen molar-refractivity contribution in [3.05, 3.63) is 23.3 Å². The molecule has 0 aliphatic carbocycles. The molecule has 90 valence electrons. The monoisotopic (exact) mass is 223 g/mol.